The van der Waals surface area contributed by atoms with E-state index in [-0.39, 0.29) is 5.75 Å². The fourth-order valence-electron chi connectivity index (χ4n) is 3.82. The highest BCUT2D eigenvalue weighted by Crippen LogP contribution is 2.29. The molecular weight excluding hydrogens is 396 g/mol. The van der Waals surface area contributed by atoms with Gasteiger partial charge in [-0.3, -0.25) is 0 Å². The number of thiazole rings is 1. The molecule has 1 aliphatic rings. The number of nitrogens with one attached hydrogen (secondary N) is 2. The number of benzene rings is 2. The number of methoxy groups -OCH3 is 1. The molecule has 0 aliphatic carbocycles. The summed E-state index contributed by atoms with van der Waals surface area (Å²) < 4.78 is 35.9. The van der Waals surface area contributed by atoms with Crippen molar-refractivity contribution < 1.29 is 28.1 Å². The summed E-state index contributed by atoms with van der Waals surface area (Å²) in [6.07, 6.45) is 0. The largest absolute Gasteiger partial charge is 0.493 e. The summed E-state index contributed by atoms with van der Waals surface area (Å²) in [4.78, 5) is 7.80. The van der Waals surface area contributed by atoms with Crippen LogP contribution in [-0.2, 0) is 13.1 Å². The molecule has 8 heteroatoms. The van der Waals surface area contributed by atoms with Gasteiger partial charge in [-0.25, -0.2) is 4.98 Å². The van der Waals surface area contributed by atoms with Crippen molar-refractivity contribution in [2.75, 3.05) is 33.3 Å². The van der Waals surface area contributed by atoms with E-state index in [2.05, 4.69) is 22.9 Å². The predicted octanol–water partition coefficient (Wildman–Crippen LogP) is 1.39. The van der Waals surface area contributed by atoms with E-state index in [1.54, 1.807) is 28.4 Å². The average molecular weight is 422 g/mol. The number of nitrogens with zero attached hydrogens (tertiary/aromatic N) is 1. The smallest absolute Gasteiger partial charge is 0.387 e. The number of hydrogen-bond acceptors (Lipinski definition) is 4. The topological polar surface area (TPSA) is 40.2 Å². The summed E-state index contributed by atoms with van der Waals surface area (Å²) in [7, 11) is 1.47. The first-order valence-corrected chi connectivity index (χ1v) is 10.6. The van der Waals surface area contributed by atoms with Crippen molar-refractivity contribution in [3.63, 3.8) is 0 Å². The Labute approximate surface area is 172 Å². The molecule has 0 atom stereocenters. The Bertz CT molecular complexity index is 925. The van der Waals surface area contributed by atoms with Crippen LogP contribution in [0, 0.1) is 0 Å². The monoisotopic (exact) mass is 421 g/mol. The highest BCUT2D eigenvalue weighted by molar-refractivity contribution is 7.18. The van der Waals surface area contributed by atoms with Crippen molar-refractivity contribution in [1.29, 1.82) is 0 Å². The molecule has 0 radical (unpaired) electrons. The first-order valence-electron chi connectivity index (χ1n) is 9.74. The lowest BCUT2D eigenvalue weighted by molar-refractivity contribution is -1.02. The van der Waals surface area contributed by atoms with E-state index in [1.807, 2.05) is 12.1 Å². The molecule has 0 amide bonds. The zero-order chi connectivity index (χ0) is 20.2. The van der Waals surface area contributed by atoms with Gasteiger partial charge in [0.2, 0.25) is 0 Å². The van der Waals surface area contributed by atoms with E-state index in [1.165, 1.54) is 21.7 Å². The highest BCUT2D eigenvalue weighted by atomic mass is 32.1. The Morgan fingerprint density at radius 3 is 2.41 bits per heavy atom. The third-order valence-corrected chi connectivity index (χ3v) is 6.34. The molecule has 0 unspecified atom stereocenters. The van der Waals surface area contributed by atoms with Crippen LogP contribution >= 0.6 is 11.3 Å². The highest BCUT2D eigenvalue weighted by Gasteiger charge is 2.24. The Morgan fingerprint density at radius 1 is 1.00 bits per heavy atom. The van der Waals surface area contributed by atoms with Crippen LogP contribution < -0.4 is 19.3 Å². The second-order valence-corrected chi connectivity index (χ2v) is 8.41. The zero-order valence-electron chi connectivity index (χ0n) is 16.3. The summed E-state index contributed by atoms with van der Waals surface area (Å²) >= 11 is 1.79. The summed E-state index contributed by atoms with van der Waals surface area (Å²) in [5.74, 6) is 0.425. The number of rotatable bonds is 7. The van der Waals surface area contributed by atoms with Crippen molar-refractivity contribution in [1.82, 2.24) is 4.98 Å². The maximum absolute atomic E-state index is 12.5. The average Bonchev–Trinajstić information content (AvgIpc) is 3.12. The van der Waals surface area contributed by atoms with Crippen LogP contribution in [-0.4, -0.2) is 44.9 Å². The molecule has 2 aromatic carbocycles. The molecule has 154 valence electrons. The van der Waals surface area contributed by atoms with Gasteiger partial charge in [-0.15, -0.1) is 11.3 Å². The lowest BCUT2D eigenvalue weighted by Gasteiger charge is -2.29. The minimum atomic E-state index is -2.85. The molecule has 1 saturated heterocycles. The van der Waals surface area contributed by atoms with E-state index in [0.717, 1.165) is 50.3 Å². The zero-order valence-corrected chi connectivity index (χ0v) is 17.1. The maximum Gasteiger partial charge on any atom is 0.387 e. The number of alkyl halides is 2. The fourth-order valence-corrected chi connectivity index (χ4v) is 4.86. The molecule has 29 heavy (non-hydrogen) atoms. The number of halogens is 2. The van der Waals surface area contributed by atoms with E-state index in [0.29, 0.717) is 5.75 Å². The van der Waals surface area contributed by atoms with Crippen molar-refractivity contribution >= 4 is 21.6 Å². The van der Waals surface area contributed by atoms with Gasteiger partial charge in [0.25, 0.3) is 0 Å². The van der Waals surface area contributed by atoms with Crippen molar-refractivity contribution in [3.8, 4) is 11.5 Å². The van der Waals surface area contributed by atoms with Gasteiger partial charge in [0.05, 0.1) is 17.3 Å². The maximum atomic E-state index is 12.5. The van der Waals surface area contributed by atoms with Gasteiger partial charge in [-0.2, -0.15) is 8.78 Å². The number of quaternary nitrogens is 2. The Hall–Kier alpha value is -2.29. The van der Waals surface area contributed by atoms with E-state index >= 15 is 0 Å². The Kier molecular flexibility index (Phi) is 6.22. The lowest BCUT2D eigenvalue weighted by Crippen LogP contribution is -3.27. The number of fused-ring (bicyclic) bond motifs is 1. The molecule has 3 aromatic rings. The summed E-state index contributed by atoms with van der Waals surface area (Å²) in [5.41, 5.74) is 2.15. The number of para-hydroxylation sites is 1. The molecule has 1 aliphatic heterocycles. The Morgan fingerprint density at radius 2 is 1.72 bits per heavy atom. The van der Waals surface area contributed by atoms with Crippen LogP contribution in [0.25, 0.3) is 10.2 Å². The molecule has 0 bridgehead atoms. The molecular formula is C21H25F2N3O2S+2. The number of aromatic nitrogens is 1. The van der Waals surface area contributed by atoms with Crippen LogP contribution in [0.3, 0.4) is 0 Å². The molecule has 0 spiro atoms. The minimum absolute atomic E-state index is 0.0753. The van der Waals surface area contributed by atoms with Crippen LogP contribution in [0.15, 0.2) is 42.5 Å². The second kappa shape index (κ2) is 9.02. The standard InChI is InChI=1S/C21H23F2N3O2S/c1-27-18-12-15(6-7-17(18)28-21(22)23)13-25-8-10-26(11-9-25)14-20-24-16-4-2-3-5-19(16)29-20/h2-7,12,21H,8-11,13-14H2,1H3/p+2. The summed E-state index contributed by atoms with van der Waals surface area (Å²) in [5, 5.41) is 1.20. The van der Waals surface area contributed by atoms with Gasteiger partial charge in [0, 0.05) is 5.56 Å². The van der Waals surface area contributed by atoms with Crippen LogP contribution in [0.4, 0.5) is 8.78 Å². The summed E-state index contributed by atoms with van der Waals surface area (Å²) in [6.45, 7) is 3.28. The molecule has 2 heterocycles. The second-order valence-electron chi connectivity index (χ2n) is 7.29. The van der Waals surface area contributed by atoms with Crippen molar-refractivity contribution in [2.45, 2.75) is 19.7 Å². The number of hydrogen-bond donors (Lipinski definition) is 2. The van der Waals surface area contributed by atoms with Crippen molar-refractivity contribution in [3.05, 3.63) is 53.0 Å². The molecule has 0 saturated carbocycles. The fraction of sp³-hybridized carbons (Fsp3) is 0.381. The van der Waals surface area contributed by atoms with Crippen LogP contribution in [0.2, 0.25) is 0 Å². The normalized spacial score (nSPS) is 19.6. The number of piperazine rings is 1. The molecule has 5 nitrogen and oxygen atoms in total. The van der Waals surface area contributed by atoms with Gasteiger partial charge in [-0.05, 0) is 30.3 Å². The first-order chi connectivity index (χ1) is 14.1. The van der Waals surface area contributed by atoms with Gasteiger partial charge in [0.1, 0.15) is 44.3 Å². The van der Waals surface area contributed by atoms with Crippen LogP contribution in [0.1, 0.15) is 10.6 Å². The summed E-state index contributed by atoms with van der Waals surface area (Å²) in [6, 6.07) is 13.5. The van der Waals surface area contributed by atoms with E-state index in [9.17, 15) is 8.78 Å². The van der Waals surface area contributed by atoms with E-state index in [4.69, 9.17) is 9.72 Å². The van der Waals surface area contributed by atoms with Crippen LogP contribution in [0.5, 0.6) is 11.5 Å². The third kappa shape index (κ3) is 5.01. The predicted molar refractivity (Wildman–Crippen MR) is 108 cm³/mol. The third-order valence-electron chi connectivity index (χ3n) is 5.30. The molecule has 1 fully saturated rings. The van der Waals surface area contributed by atoms with E-state index < -0.39 is 6.61 Å². The molecule has 1 aromatic heterocycles. The van der Waals surface area contributed by atoms with Gasteiger partial charge in [-0.1, -0.05) is 12.1 Å². The van der Waals surface area contributed by atoms with Gasteiger partial charge < -0.3 is 19.3 Å². The van der Waals surface area contributed by atoms with Gasteiger partial charge in [0.15, 0.2) is 11.5 Å². The molecule has 4 rings (SSSR count). The quantitative estimate of drug-likeness (QED) is 0.606. The first kappa shape index (κ1) is 20.0. The minimum Gasteiger partial charge on any atom is -0.493 e. The van der Waals surface area contributed by atoms with Crippen molar-refractivity contribution in [2.24, 2.45) is 0 Å². The lowest BCUT2D eigenvalue weighted by atomic mass is 10.1. The van der Waals surface area contributed by atoms with Gasteiger partial charge >= 0.3 is 6.61 Å². The number of ether oxygens (including phenoxy) is 2. The Balaban J connectivity index is 1.31. The molecule has 2 N–H and O–H groups in total. The SMILES string of the molecule is COc1cc(C[NH+]2CC[NH+](Cc3nc4ccccc4s3)CC2)ccc1OC(F)F.